The van der Waals surface area contributed by atoms with Crippen LogP contribution in [0.15, 0.2) is 0 Å². The zero-order chi connectivity index (χ0) is 20.9. The number of aliphatic hydroxyl groups excluding tert-OH is 6. The van der Waals surface area contributed by atoms with Crippen molar-refractivity contribution in [1.29, 1.82) is 0 Å². The summed E-state index contributed by atoms with van der Waals surface area (Å²) in [6, 6.07) is 0. The number of Topliss-reactive ketones (excluding diaryl/α,β-unsaturated/α-hetero) is 2. The highest BCUT2D eigenvalue weighted by Gasteiger charge is 2.60. The molecule has 0 spiro atoms. The van der Waals surface area contributed by atoms with E-state index in [4.69, 9.17) is 9.47 Å². The molecule has 12 nitrogen and oxygen atoms in total. The van der Waals surface area contributed by atoms with Gasteiger partial charge in [-0.25, -0.2) is 0 Å². The second-order valence-electron chi connectivity index (χ2n) is 6.91. The molecule has 0 unspecified atom stereocenters. The fraction of sp³-hybridized carbons (Fsp3) is 0.867. The van der Waals surface area contributed by atoms with Crippen LogP contribution < -0.4 is 0 Å². The number of hydrogen-bond acceptors (Lipinski definition) is 12. The van der Waals surface area contributed by atoms with E-state index in [1.54, 1.807) is 0 Å². The Morgan fingerprint density at radius 1 is 0.704 bits per heavy atom. The lowest BCUT2D eigenvalue weighted by Gasteiger charge is -2.45. The van der Waals surface area contributed by atoms with E-state index in [0.717, 1.165) is 0 Å². The summed E-state index contributed by atoms with van der Waals surface area (Å²) in [4.78, 5) is 24.7. The molecular weight excluding hydrogens is 372 g/mol. The Bertz CT molecular complexity index is 547. The Morgan fingerprint density at radius 3 is 1.30 bits per heavy atom. The van der Waals surface area contributed by atoms with E-state index in [0.29, 0.717) is 0 Å². The molecule has 0 aliphatic carbocycles. The molecule has 8 N–H and O–H groups in total. The van der Waals surface area contributed by atoms with Gasteiger partial charge in [0.2, 0.25) is 11.6 Å². The summed E-state index contributed by atoms with van der Waals surface area (Å²) in [5.74, 6) is -9.13. The summed E-state index contributed by atoms with van der Waals surface area (Å²) < 4.78 is 9.71. The van der Waals surface area contributed by atoms with Gasteiger partial charge in [0.15, 0.2) is 0 Å². The van der Waals surface area contributed by atoms with Gasteiger partial charge in [0.25, 0.3) is 11.6 Å². The van der Waals surface area contributed by atoms with Crippen molar-refractivity contribution in [3.8, 4) is 0 Å². The van der Waals surface area contributed by atoms with Crippen LogP contribution in [-0.2, 0) is 19.1 Å². The van der Waals surface area contributed by atoms with Gasteiger partial charge in [0.05, 0.1) is 18.6 Å². The summed E-state index contributed by atoms with van der Waals surface area (Å²) in [6.45, 7) is 2.39. The molecular formula is C15H24O12. The zero-order valence-corrected chi connectivity index (χ0v) is 14.5. The third-order valence-electron chi connectivity index (χ3n) is 4.96. The van der Waals surface area contributed by atoms with E-state index in [-0.39, 0.29) is 0 Å². The standard InChI is InChI=1S/C15H24O12/c1-4-8(18)10(20)12(22)14(24,26-4)6(16)3-7(17)15(25)13(23)11(21)9(19)5(2)27-15/h4-5,8-13,18-25H,3H2,1-2H3/t4-,5-,8+,9+,10+,11+,12-,13-,14-,15-/m1/s1. The highest BCUT2D eigenvalue weighted by atomic mass is 16.7. The molecule has 2 rings (SSSR count). The maximum Gasteiger partial charge on any atom is 0.256 e. The Labute approximate surface area is 153 Å². The van der Waals surface area contributed by atoms with Crippen molar-refractivity contribution in [3.63, 3.8) is 0 Å². The van der Waals surface area contributed by atoms with Crippen LogP contribution in [0.4, 0.5) is 0 Å². The molecule has 12 heteroatoms. The number of ether oxygens (including phenoxy) is 2. The van der Waals surface area contributed by atoms with Crippen LogP contribution in [0.5, 0.6) is 0 Å². The van der Waals surface area contributed by atoms with Crippen molar-refractivity contribution in [2.24, 2.45) is 0 Å². The summed E-state index contributed by atoms with van der Waals surface area (Å²) in [6.07, 6.45) is -15.7. The van der Waals surface area contributed by atoms with Crippen LogP contribution >= 0.6 is 0 Å². The van der Waals surface area contributed by atoms with Gasteiger partial charge in [0.1, 0.15) is 36.6 Å². The minimum Gasteiger partial charge on any atom is -0.388 e. The average Bonchev–Trinajstić information content (AvgIpc) is 2.61. The number of aliphatic hydroxyl groups is 8. The second-order valence-corrected chi connectivity index (χ2v) is 6.91. The Balaban J connectivity index is 2.20. The zero-order valence-electron chi connectivity index (χ0n) is 14.5. The minimum atomic E-state index is -3.08. The predicted molar refractivity (Wildman–Crippen MR) is 81.7 cm³/mol. The van der Waals surface area contributed by atoms with Crippen molar-refractivity contribution >= 4 is 11.6 Å². The molecule has 0 aromatic heterocycles. The van der Waals surface area contributed by atoms with Gasteiger partial charge >= 0.3 is 0 Å². The van der Waals surface area contributed by atoms with E-state index in [9.17, 15) is 50.4 Å². The van der Waals surface area contributed by atoms with E-state index in [2.05, 4.69) is 0 Å². The fourth-order valence-corrected chi connectivity index (χ4v) is 3.10. The first-order valence-corrected chi connectivity index (χ1v) is 8.22. The molecule has 0 aromatic rings. The molecule has 156 valence electrons. The molecule has 27 heavy (non-hydrogen) atoms. The smallest absolute Gasteiger partial charge is 0.256 e. The average molecular weight is 396 g/mol. The van der Waals surface area contributed by atoms with Crippen molar-refractivity contribution < 1.29 is 59.9 Å². The fourth-order valence-electron chi connectivity index (χ4n) is 3.10. The normalized spacial score (nSPS) is 51.0. The number of carbonyl (C=O) groups excluding carboxylic acids is 2. The quantitative estimate of drug-likeness (QED) is 0.209. The van der Waals surface area contributed by atoms with Crippen molar-refractivity contribution in [3.05, 3.63) is 0 Å². The van der Waals surface area contributed by atoms with Crippen LogP contribution in [-0.4, -0.2) is 113 Å². The van der Waals surface area contributed by atoms with Crippen molar-refractivity contribution in [2.75, 3.05) is 0 Å². The lowest BCUT2D eigenvalue weighted by atomic mass is 9.85. The van der Waals surface area contributed by atoms with Crippen LogP contribution in [0.3, 0.4) is 0 Å². The monoisotopic (exact) mass is 396 g/mol. The maximum atomic E-state index is 12.3. The lowest BCUT2D eigenvalue weighted by molar-refractivity contribution is -0.328. The molecule has 2 aliphatic heterocycles. The SMILES string of the molecule is C[C@H]1O[C@](O)(C(=O)CC(=O)[C@@]2(O)O[C@H](C)[C@H](O)[C@H](O)[C@H]2O)[C@H](O)[C@@H](O)[C@H]1O. The summed E-state index contributed by atoms with van der Waals surface area (Å²) in [7, 11) is 0. The number of rotatable bonds is 4. The number of carbonyl (C=O) groups is 2. The summed E-state index contributed by atoms with van der Waals surface area (Å²) in [5.41, 5.74) is 0. The van der Waals surface area contributed by atoms with Gasteiger partial charge in [-0.1, -0.05) is 0 Å². The van der Waals surface area contributed by atoms with Crippen molar-refractivity contribution in [2.45, 2.75) is 80.7 Å². The third-order valence-corrected chi connectivity index (χ3v) is 4.96. The highest BCUT2D eigenvalue weighted by Crippen LogP contribution is 2.33. The lowest BCUT2D eigenvalue weighted by Crippen LogP contribution is -2.69. The van der Waals surface area contributed by atoms with Crippen LogP contribution in [0.2, 0.25) is 0 Å². The number of ketones is 2. The molecule has 2 heterocycles. The Morgan fingerprint density at radius 2 is 1.00 bits per heavy atom. The Hall–Kier alpha value is -1.06. The predicted octanol–water partition coefficient (Wildman–Crippen LogP) is -5.11. The van der Waals surface area contributed by atoms with E-state index in [1.807, 2.05) is 0 Å². The second kappa shape index (κ2) is 7.40. The van der Waals surface area contributed by atoms with Gasteiger partial charge < -0.3 is 50.3 Å². The van der Waals surface area contributed by atoms with Gasteiger partial charge in [0, 0.05) is 0 Å². The topological polar surface area (TPSA) is 214 Å². The first kappa shape index (κ1) is 22.2. The molecule has 0 saturated carbocycles. The van der Waals surface area contributed by atoms with Crippen LogP contribution in [0, 0.1) is 0 Å². The summed E-state index contributed by atoms with van der Waals surface area (Å²) >= 11 is 0. The van der Waals surface area contributed by atoms with E-state index >= 15 is 0 Å². The van der Waals surface area contributed by atoms with Gasteiger partial charge in [-0.2, -0.15) is 0 Å². The molecule has 0 aromatic carbocycles. The number of hydrogen-bond donors (Lipinski definition) is 8. The molecule has 0 amide bonds. The highest BCUT2D eigenvalue weighted by molar-refractivity contribution is 6.05. The largest absolute Gasteiger partial charge is 0.388 e. The first-order valence-electron chi connectivity index (χ1n) is 8.22. The molecule has 2 fully saturated rings. The van der Waals surface area contributed by atoms with E-state index < -0.39 is 78.4 Å². The van der Waals surface area contributed by atoms with E-state index in [1.165, 1.54) is 13.8 Å². The van der Waals surface area contributed by atoms with Crippen molar-refractivity contribution in [1.82, 2.24) is 0 Å². The van der Waals surface area contributed by atoms with Crippen LogP contribution in [0.25, 0.3) is 0 Å². The van der Waals surface area contributed by atoms with Gasteiger partial charge in [-0.05, 0) is 13.8 Å². The molecule has 0 radical (unpaired) electrons. The molecule has 2 saturated heterocycles. The first-order chi connectivity index (χ1) is 12.3. The van der Waals surface area contributed by atoms with Crippen LogP contribution in [0.1, 0.15) is 20.3 Å². The molecule has 2 aliphatic rings. The maximum absolute atomic E-state index is 12.3. The minimum absolute atomic E-state index is 1.20. The van der Waals surface area contributed by atoms with Gasteiger partial charge in [-0.15, -0.1) is 0 Å². The third kappa shape index (κ3) is 3.53. The van der Waals surface area contributed by atoms with Gasteiger partial charge in [-0.3, -0.25) is 9.59 Å². The molecule has 0 bridgehead atoms. The summed E-state index contributed by atoms with van der Waals surface area (Å²) in [5, 5.41) is 79.0. The molecule has 10 atom stereocenters. The Kier molecular flexibility index (Phi) is 6.10.